The van der Waals surface area contributed by atoms with E-state index in [1.54, 1.807) is 12.1 Å². The average Bonchev–Trinajstić information content (AvgIpc) is 2.72. The summed E-state index contributed by atoms with van der Waals surface area (Å²) in [5.41, 5.74) is 0.532. The molecule has 3 fully saturated rings. The summed E-state index contributed by atoms with van der Waals surface area (Å²) in [6.45, 7) is 0.315. The number of hydrogen-bond donors (Lipinski definition) is 1. The Hall–Kier alpha value is -2.51. The lowest BCUT2D eigenvalue weighted by Crippen LogP contribution is -2.76. The average molecular weight is 493 g/mol. The van der Waals surface area contributed by atoms with Crippen LogP contribution < -0.4 is 19.7 Å². The maximum atomic E-state index is 13.5. The van der Waals surface area contributed by atoms with Crippen LogP contribution in [0.5, 0.6) is 11.5 Å². The van der Waals surface area contributed by atoms with Gasteiger partial charge in [0.05, 0.1) is 17.3 Å². The van der Waals surface area contributed by atoms with Crippen LogP contribution in [0.4, 0.5) is 10.1 Å². The predicted octanol–water partition coefficient (Wildman–Crippen LogP) is 4.41. The number of fused-ring (bicyclic) bond motifs is 1. The molecule has 1 atom stereocenters. The van der Waals surface area contributed by atoms with Crippen LogP contribution in [0.25, 0.3) is 0 Å². The molecule has 6 nitrogen and oxygen atoms in total. The van der Waals surface area contributed by atoms with Crippen LogP contribution in [-0.2, 0) is 9.59 Å². The summed E-state index contributed by atoms with van der Waals surface area (Å²) < 4.78 is 24.8. The van der Waals surface area contributed by atoms with Crippen molar-refractivity contribution in [3.8, 4) is 11.5 Å². The molecular weight excluding hydrogens is 470 g/mol. The zero-order chi connectivity index (χ0) is 23.4. The van der Waals surface area contributed by atoms with E-state index >= 15 is 0 Å². The minimum Gasteiger partial charge on any atom is -0.486 e. The molecule has 1 heterocycles. The summed E-state index contributed by atoms with van der Waals surface area (Å²) in [6.07, 6.45) is 2.08. The Kier molecular flexibility index (Phi) is 5.45. The summed E-state index contributed by atoms with van der Waals surface area (Å²) in [5.74, 6) is 0.133. The van der Waals surface area contributed by atoms with Gasteiger partial charge in [-0.2, -0.15) is 0 Å². The van der Waals surface area contributed by atoms with Crippen molar-refractivity contribution in [2.24, 2.45) is 5.41 Å². The first kappa shape index (κ1) is 22.3. The van der Waals surface area contributed by atoms with Crippen molar-refractivity contribution in [1.82, 2.24) is 5.32 Å². The van der Waals surface area contributed by atoms with Gasteiger partial charge < -0.3 is 19.7 Å². The third-order valence-corrected chi connectivity index (χ3v) is 7.27. The fourth-order valence-corrected chi connectivity index (χ4v) is 5.71. The quantitative estimate of drug-likeness (QED) is 0.619. The number of ketones is 1. The minimum absolute atomic E-state index is 0.00812. The van der Waals surface area contributed by atoms with Gasteiger partial charge >= 0.3 is 0 Å². The molecule has 3 aliphatic carbocycles. The number of nitrogens with one attached hydrogen (secondary N) is 1. The van der Waals surface area contributed by atoms with Gasteiger partial charge in [-0.05, 0) is 55.0 Å². The lowest BCUT2D eigenvalue weighted by atomic mass is 9.38. The molecule has 33 heavy (non-hydrogen) atoms. The van der Waals surface area contributed by atoms with Gasteiger partial charge in [-0.3, -0.25) is 9.59 Å². The van der Waals surface area contributed by atoms with Crippen molar-refractivity contribution in [2.45, 2.75) is 37.3 Å². The second-order valence-corrected chi connectivity index (χ2v) is 10.3. The molecule has 0 radical (unpaired) electrons. The SMILES string of the molecule is CN1CC(C(=O)NC23CC(CC(=O)COc4ccc(Cl)c(F)c4)(C2)C3)Oc2ccc(Cl)cc21. The molecule has 174 valence electrons. The second kappa shape index (κ2) is 8.06. The van der Waals surface area contributed by atoms with Crippen LogP contribution in [0.2, 0.25) is 10.0 Å². The van der Waals surface area contributed by atoms with Gasteiger partial charge in [-0.1, -0.05) is 23.2 Å². The summed E-state index contributed by atoms with van der Waals surface area (Å²) >= 11 is 11.7. The normalized spacial score (nSPS) is 26.9. The smallest absolute Gasteiger partial charge is 0.263 e. The molecule has 2 aromatic carbocycles. The highest BCUT2D eigenvalue weighted by atomic mass is 35.5. The van der Waals surface area contributed by atoms with Crippen LogP contribution in [-0.4, -0.2) is 43.5 Å². The van der Waals surface area contributed by atoms with E-state index in [9.17, 15) is 14.0 Å². The maximum absolute atomic E-state index is 13.5. The summed E-state index contributed by atoms with van der Waals surface area (Å²) in [4.78, 5) is 27.2. The first-order valence-corrected chi connectivity index (χ1v) is 11.5. The van der Waals surface area contributed by atoms with Crippen molar-refractivity contribution in [1.29, 1.82) is 0 Å². The van der Waals surface area contributed by atoms with E-state index in [-0.39, 0.29) is 40.0 Å². The molecule has 1 amide bonds. The fraction of sp³-hybridized carbons (Fsp3) is 0.417. The number of halogens is 3. The number of carbonyl (C=O) groups is 2. The number of amides is 1. The maximum Gasteiger partial charge on any atom is 0.263 e. The molecule has 9 heteroatoms. The molecule has 3 saturated carbocycles. The Balaban J connectivity index is 1.10. The van der Waals surface area contributed by atoms with Gasteiger partial charge in [0.1, 0.15) is 23.9 Å². The Morgan fingerprint density at radius 1 is 1.21 bits per heavy atom. The zero-order valence-corrected chi connectivity index (χ0v) is 19.5. The largest absolute Gasteiger partial charge is 0.486 e. The van der Waals surface area contributed by atoms with E-state index in [1.165, 1.54) is 18.2 Å². The monoisotopic (exact) mass is 492 g/mol. The molecule has 4 aliphatic rings. The van der Waals surface area contributed by atoms with Crippen molar-refractivity contribution >= 4 is 40.6 Å². The number of rotatable bonds is 7. The highest BCUT2D eigenvalue weighted by Crippen LogP contribution is 2.69. The van der Waals surface area contributed by atoms with E-state index < -0.39 is 11.9 Å². The van der Waals surface area contributed by atoms with E-state index in [2.05, 4.69) is 5.32 Å². The van der Waals surface area contributed by atoms with Crippen molar-refractivity contribution in [3.63, 3.8) is 0 Å². The number of anilines is 1. The molecule has 2 aromatic rings. The van der Waals surface area contributed by atoms with Crippen LogP contribution in [0.3, 0.4) is 0 Å². The summed E-state index contributed by atoms with van der Waals surface area (Å²) in [7, 11) is 1.90. The minimum atomic E-state index is -0.608. The van der Waals surface area contributed by atoms with E-state index in [0.717, 1.165) is 24.9 Å². The highest BCUT2D eigenvalue weighted by Gasteiger charge is 2.68. The standard InChI is InChI=1S/C24H23Cl2FN2O4/c1-29-9-21(33-20-5-2-14(25)6-19(20)29)22(31)28-24-11-23(12-24,13-24)8-15(30)10-32-16-3-4-17(26)18(27)7-16/h2-7,21H,8-13H2,1H3,(H,28,31). The Morgan fingerprint density at radius 2 is 1.97 bits per heavy atom. The van der Waals surface area contributed by atoms with Crippen LogP contribution in [0.15, 0.2) is 36.4 Å². The van der Waals surface area contributed by atoms with E-state index in [4.69, 9.17) is 32.7 Å². The number of ether oxygens (including phenoxy) is 2. The van der Waals surface area contributed by atoms with Crippen molar-refractivity contribution < 1.29 is 23.5 Å². The van der Waals surface area contributed by atoms with Gasteiger partial charge in [-0.25, -0.2) is 4.39 Å². The van der Waals surface area contributed by atoms with Gasteiger partial charge in [0.25, 0.3) is 5.91 Å². The van der Waals surface area contributed by atoms with Gasteiger partial charge in [0.15, 0.2) is 11.9 Å². The molecule has 2 bridgehead atoms. The fourth-order valence-electron chi connectivity index (χ4n) is 5.42. The lowest BCUT2D eigenvalue weighted by molar-refractivity contribution is -0.175. The predicted molar refractivity (Wildman–Crippen MR) is 123 cm³/mol. The number of nitrogens with zero attached hydrogens (tertiary/aromatic N) is 1. The van der Waals surface area contributed by atoms with E-state index in [1.807, 2.05) is 18.0 Å². The lowest BCUT2D eigenvalue weighted by Gasteiger charge is -2.70. The zero-order valence-electron chi connectivity index (χ0n) is 18.0. The molecule has 0 aromatic heterocycles. The summed E-state index contributed by atoms with van der Waals surface area (Å²) in [6, 6.07) is 9.42. The number of hydrogen-bond acceptors (Lipinski definition) is 5. The third kappa shape index (κ3) is 4.24. The second-order valence-electron chi connectivity index (χ2n) is 9.48. The molecule has 6 rings (SSSR count). The molecule has 1 aliphatic heterocycles. The highest BCUT2D eigenvalue weighted by molar-refractivity contribution is 6.31. The number of likely N-dealkylation sites (N-methyl/N-ethyl adjacent to an activating group) is 1. The van der Waals surface area contributed by atoms with Gasteiger partial charge in [-0.15, -0.1) is 0 Å². The molecular formula is C24H23Cl2FN2O4. The molecule has 1 unspecified atom stereocenters. The molecule has 0 saturated heterocycles. The van der Waals surface area contributed by atoms with Crippen LogP contribution in [0.1, 0.15) is 25.7 Å². The first-order valence-electron chi connectivity index (χ1n) is 10.7. The third-order valence-electron chi connectivity index (χ3n) is 6.73. The topological polar surface area (TPSA) is 67.9 Å². The summed E-state index contributed by atoms with van der Waals surface area (Å²) in [5, 5.41) is 3.77. The number of benzene rings is 2. The van der Waals surface area contributed by atoms with Crippen LogP contribution >= 0.6 is 23.2 Å². The first-order chi connectivity index (χ1) is 15.7. The van der Waals surface area contributed by atoms with E-state index in [0.29, 0.717) is 23.7 Å². The Morgan fingerprint density at radius 3 is 2.70 bits per heavy atom. The van der Waals surface area contributed by atoms with Gasteiger partial charge in [0, 0.05) is 30.1 Å². The molecule has 1 N–H and O–H groups in total. The number of carbonyl (C=O) groups excluding carboxylic acids is 2. The molecule has 0 spiro atoms. The van der Waals surface area contributed by atoms with Crippen LogP contribution in [0, 0.1) is 11.2 Å². The van der Waals surface area contributed by atoms with Gasteiger partial charge in [0.2, 0.25) is 0 Å². The van der Waals surface area contributed by atoms with Crippen molar-refractivity contribution in [3.05, 3.63) is 52.3 Å². The van der Waals surface area contributed by atoms with Crippen molar-refractivity contribution in [2.75, 3.05) is 25.1 Å². The Labute approximate surface area is 200 Å². The Bertz CT molecular complexity index is 1120. The number of Topliss-reactive ketones (excluding diaryl/α,β-unsaturated/α-hetero) is 1.